The average molecular weight is 430 g/mol. The van der Waals surface area contributed by atoms with Gasteiger partial charge in [-0.2, -0.15) is 0 Å². The first-order valence-electron chi connectivity index (χ1n) is 8.91. The maximum atomic E-state index is 13.3. The van der Waals surface area contributed by atoms with Gasteiger partial charge < -0.3 is 10.0 Å². The Kier molecular flexibility index (Phi) is 4.81. The summed E-state index contributed by atoms with van der Waals surface area (Å²) in [7, 11) is 1.62. The molecule has 0 saturated carbocycles. The van der Waals surface area contributed by atoms with Crippen LogP contribution < -0.4 is 4.90 Å². The zero-order valence-corrected chi connectivity index (χ0v) is 18.1. The van der Waals surface area contributed by atoms with Crippen molar-refractivity contribution in [3.05, 3.63) is 61.6 Å². The quantitative estimate of drug-likeness (QED) is 0.734. The molecule has 0 saturated heterocycles. The van der Waals surface area contributed by atoms with E-state index in [9.17, 15) is 14.7 Å². The van der Waals surface area contributed by atoms with E-state index in [1.54, 1.807) is 19.2 Å². The van der Waals surface area contributed by atoms with Crippen LogP contribution in [0.25, 0.3) is 0 Å². The Bertz CT molecular complexity index is 967. The molecule has 5 heteroatoms. The predicted molar refractivity (Wildman–Crippen MR) is 111 cm³/mol. The Morgan fingerprint density at radius 3 is 2.11 bits per heavy atom. The molecule has 0 fully saturated rings. The van der Waals surface area contributed by atoms with Crippen LogP contribution in [0.2, 0.25) is 0 Å². The lowest BCUT2D eigenvalue weighted by Gasteiger charge is -2.24. The van der Waals surface area contributed by atoms with Crippen molar-refractivity contribution in [1.82, 2.24) is 0 Å². The molecule has 1 amide bonds. The first-order chi connectivity index (χ1) is 12.5. The van der Waals surface area contributed by atoms with Gasteiger partial charge in [-0.05, 0) is 80.6 Å². The normalized spacial score (nSPS) is 18.8. The van der Waals surface area contributed by atoms with Crippen molar-refractivity contribution in [2.75, 3.05) is 11.9 Å². The third-order valence-corrected chi connectivity index (χ3v) is 6.61. The van der Waals surface area contributed by atoms with E-state index in [0.717, 1.165) is 26.7 Å². The number of anilines is 1. The van der Waals surface area contributed by atoms with E-state index in [-0.39, 0.29) is 12.2 Å². The number of fused-ring (bicyclic) bond motifs is 1. The molecule has 0 bridgehead atoms. The zero-order valence-electron chi connectivity index (χ0n) is 16.5. The van der Waals surface area contributed by atoms with Crippen molar-refractivity contribution in [2.45, 2.75) is 46.6 Å². The van der Waals surface area contributed by atoms with Gasteiger partial charge in [-0.1, -0.05) is 15.9 Å². The number of Topliss-reactive ketones (excluding diaryl/α,β-unsaturated/α-hetero) is 1. The number of amides is 1. The fourth-order valence-electron chi connectivity index (χ4n) is 4.04. The van der Waals surface area contributed by atoms with Gasteiger partial charge >= 0.3 is 0 Å². The van der Waals surface area contributed by atoms with E-state index < -0.39 is 11.5 Å². The fraction of sp³-hybridized carbons (Fsp3) is 0.364. The Morgan fingerprint density at radius 1 is 1.04 bits per heavy atom. The number of carbonyl (C=O) groups is 2. The first kappa shape index (κ1) is 19.8. The largest absolute Gasteiger partial charge is 0.375 e. The van der Waals surface area contributed by atoms with Gasteiger partial charge in [0.15, 0.2) is 11.4 Å². The number of benzene rings is 2. The number of carbonyl (C=O) groups excluding carboxylic acids is 2. The minimum absolute atomic E-state index is 0.215. The molecule has 1 aliphatic heterocycles. The maximum Gasteiger partial charge on any atom is 0.263 e. The summed E-state index contributed by atoms with van der Waals surface area (Å²) in [6.07, 6.45) is -0.275. The van der Waals surface area contributed by atoms with Crippen molar-refractivity contribution in [3.63, 3.8) is 0 Å². The van der Waals surface area contributed by atoms with Gasteiger partial charge in [0.1, 0.15) is 0 Å². The van der Waals surface area contributed by atoms with E-state index in [2.05, 4.69) is 22.9 Å². The molecule has 2 aromatic rings. The summed E-state index contributed by atoms with van der Waals surface area (Å²) in [4.78, 5) is 27.5. The Morgan fingerprint density at radius 2 is 1.56 bits per heavy atom. The second-order valence-electron chi connectivity index (χ2n) is 7.49. The lowest BCUT2D eigenvalue weighted by molar-refractivity contribution is -0.135. The molecule has 3 rings (SSSR count). The molecule has 4 nitrogen and oxygen atoms in total. The molecule has 1 atom stereocenters. The average Bonchev–Trinajstić information content (AvgIpc) is 2.79. The lowest BCUT2D eigenvalue weighted by atomic mass is 9.82. The third kappa shape index (κ3) is 2.84. The molecular weight excluding hydrogens is 406 g/mol. The Balaban J connectivity index is 2.11. The highest BCUT2D eigenvalue weighted by molar-refractivity contribution is 9.10. The van der Waals surface area contributed by atoms with Crippen LogP contribution in [-0.2, 0) is 10.4 Å². The number of ketones is 1. The number of hydrogen-bond donors (Lipinski definition) is 1. The number of likely N-dealkylation sites (N-methyl/N-ethyl adjacent to an activating group) is 1. The molecule has 142 valence electrons. The summed E-state index contributed by atoms with van der Waals surface area (Å²) in [6, 6.07) is 5.31. The number of hydrogen-bond acceptors (Lipinski definition) is 3. The van der Waals surface area contributed by atoms with Crippen LogP contribution in [0.3, 0.4) is 0 Å². The van der Waals surface area contributed by atoms with Crippen LogP contribution >= 0.6 is 15.9 Å². The summed E-state index contributed by atoms with van der Waals surface area (Å²) in [5, 5.41) is 11.3. The van der Waals surface area contributed by atoms with Crippen LogP contribution in [0.4, 0.5) is 5.69 Å². The molecule has 0 unspecified atom stereocenters. The molecule has 0 aliphatic carbocycles. The van der Waals surface area contributed by atoms with Crippen molar-refractivity contribution < 1.29 is 14.7 Å². The molecule has 0 spiro atoms. The standard InChI is InChI=1S/C22H24BrNO3/c1-11-12(2)14(4)20(15(5)13(11)3)19(25)10-22(27)17-9-16(23)7-8-18(17)24(6)21(22)26/h7-9,27H,10H2,1-6H3/t22-/m0/s1. The van der Waals surface area contributed by atoms with Gasteiger partial charge in [0.05, 0.1) is 12.1 Å². The molecule has 2 aromatic carbocycles. The first-order valence-corrected chi connectivity index (χ1v) is 9.70. The van der Waals surface area contributed by atoms with Gasteiger partial charge in [0.25, 0.3) is 5.91 Å². The number of rotatable bonds is 3. The highest BCUT2D eigenvalue weighted by Crippen LogP contribution is 2.43. The van der Waals surface area contributed by atoms with Gasteiger partial charge in [0, 0.05) is 22.6 Å². The summed E-state index contributed by atoms with van der Waals surface area (Å²) >= 11 is 3.39. The predicted octanol–water partition coefficient (Wildman–Crippen LogP) is 4.43. The van der Waals surface area contributed by atoms with Crippen LogP contribution in [0.1, 0.15) is 50.2 Å². The monoisotopic (exact) mass is 429 g/mol. The smallest absolute Gasteiger partial charge is 0.263 e. The number of nitrogens with zero attached hydrogens (tertiary/aromatic N) is 1. The van der Waals surface area contributed by atoms with E-state index in [4.69, 9.17) is 0 Å². The second kappa shape index (κ2) is 6.57. The van der Waals surface area contributed by atoms with Crippen molar-refractivity contribution in [3.8, 4) is 0 Å². The summed E-state index contributed by atoms with van der Waals surface area (Å²) < 4.78 is 0.754. The molecule has 1 N–H and O–H groups in total. The molecule has 27 heavy (non-hydrogen) atoms. The van der Waals surface area contributed by atoms with Crippen LogP contribution in [0.5, 0.6) is 0 Å². The molecule has 1 aliphatic rings. The third-order valence-electron chi connectivity index (χ3n) is 6.12. The van der Waals surface area contributed by atoms with E-state index in [1.807, 2.05) is 33.8 Å². The van der Waals surface area contributed by atoms with Crippen LogP contribution in [0, 0.1) is 34.6 Å². The minimum Gasteiger partial charge on any atom is -0.375 e. The van der Waals surface area contributed by atoms with Crippen LogP contribution in [0.15, 0.2) is 22.7 Å². The fourth-order valence-corrected chi connectivity index (χ4v) is 4.40. The van der Waals surface area contributed by atoms with Gasteiger partial charge in [-0.25, -0.2) is 0 Å². The Hall–Kier alpha value is -1.98. The zero-order chi connectivity index (χ0) is 20.3. The topological polar surface area (TPSA) is 57.6 Å². The molecule has 0 aromatic heterocycles. The highest BCUT2D eigenvalue weighted by atomic mass is 79.9. The van der Waals surface area contributed by atoms with Crippen LogP contribution in [-0.4, -0.2) is 23.8 Å². The van der Waals surface area contributed by atoms with Crippen molar-refractivity contribution in [2.24, 2.45) is 0 Å². The minimum atomic E-state index is -1.85. The maximum absolute atomic E-state index is 13.3. The molecule has 1 heterocycles. The SMILES string of the molecule is Cc1c(C)c(C)c(C(=O)C[C@@]2(O)C(=O)N(C)c3ccc(Br)cc32)c(C)c1C. The van der Waals surface area contributed by atoms with E-state index in [0.29, 0.717) is 16.8 Å². The molecular formula is C22H24BrNO3. The summed E-state index contributed by atoms with van der Waals surface area (Å²) in [5.74, 6) is -0.687. The second-order valence-corrected chi connectivity index (χ2v) is 8.40. The van der Waals surface area contributed by atoms with E-state index >= 15 is 0 Å². The highest BCUT2D eigenvalue weighted by Gasteiger charge is 2.50. The lowest BCUT2D eigenvalue weighted by Crippen LogP contribution is -2.40. The Labute approximate surface area is 168 Å². The van der Waals surface area contributed by atoms with Gasteiger partial charge in [0.2, 0.25) is 0 Å². The molecule has 0 radical (unpaired) electrons. The van der Waals surface area contributed by atoms with Crippen molar-refractivity contribution in [1.29, 1.82) is 0 Å². The van der Waals surface area contributed by atoms with E-state index in [1.165, 1.54) is 10.5 Å². The van der Waals surface area contributed by atoms with Gasteiger partial charge in [-0.3, -0.25) is 9.59 Å². The summed E-state index contributed by atoms with van der Waals surface area (Å²) in [5.41, 5.74) is 5.01. The number of aliphatic hydroxyl groups is 1. The number of halogens is 1. The van der Waals surface area contributed by atoms with Gasteiger partial charge in [-0.15, -0.1) is 0 Å². The van der Waals surface area contributed by atoms with Crippen molar-refractivity contribution >= 4 is 33.3 Å². The summed E-state index contributed by atoms with van der Waals surface area (Å²) in [6.45, 7) is 9.92.